The zero-order valence-corrected chi connectivity index (χ0v) is 8.49. The van der Waals surface area contributed by atoms with Crippen LogP contribution in [-0.4, -0.2) is 0 Å². The molecule has 1 aromatic rings. The van der Waals surface area contributed by atoms with Gasteiger partial charge in [0.25, 0.3) is 5.70 Å². The molecule has 1 aliphatic carbocycles. The Hall–Kier alpha value is -2.06. The van der Waals surface area contributed by atoms with Crippen LogP contribution in [0.25, 0.3) is 10.4 Å². The normalized spacial score (nSPS) is 21.4. The molecule has 1 unspecified atom stereocenters. The van der Waals surface area contributed by atoms with E-state index in [-0.39, 0.29) is 11.6 Å². The first-order valence-electron chi connectivity index (χ1n) is 4.88. The minimum Gasteiger partial charge on any atom is -0.226 e. The van der Waals surface area contributed by atoms with Crippen LogP contribution >= 0.6 is 0 Å². The second kappa shape index (κ2) is 3.59. The average molecular weight is 194 g/mol. The predicted octanol–water partition coefficient (Wildman–Crippen LogP) is 3.03. The van der Waals surface area contributed by atoms with Crippen LogP contribution in [0.2, 0.25) is 0 Å². The highest BCUT2D eigenvalue weighted by atomic mass is 14.7. The van der Waals surface area contributed by atoms with Gasteiger partial charge in [-0.2, -0.15) is 0 Å². The van der Waals surface area contributed by atoms with Crippen molar-refractivity contribution in [1.82, 2.24) is 0 Å². The Kier molecular flexibility index (Phi) is 2.27. The van der Waals surface area contributed by atoms with E-state index in [0.29, 0.717) is 0 Å². The van der Waals surface area contributed by atoms with Gasteiger partial charge in [-0.15, -0.1) is 0 Å². The van der Waals surface area contributed by atoms with Crippen LogP contribution in [0.4, 0.5) is 0 Å². The molecule has 72 valence electrons. The monoisotopic (exact) mass is 194 g/mol. The summed E-state index contributed by atoms with van der Waals surface area (Å²) in [5.74, 6) is 0.283. The van der Waals surface area contributed by atoms with Crippen LogP contribution < -0.4 is 0 Å². The SMILES string of the molecule is [C-]#[N+]/C(C#N)=C1/c2ccccc2CC1C. The van der Waals surface area contributed by atoms with Gasteiger partial charge in [-0.25, -0.2) is 10.1 Å². The quantitative estimate of drug-likeness (QED) is 0.461. The van der Waals surface area contributed by atoms with Crippen molar-refractivity contribution >= 4 is 5.57 Å². The molecule has 0 amide bonds. The fourth-order valence-corrected chi connectivity index (χ4v) is 2.16. The van der Waals surface area contributed by atoms with Gasteiger partial charge in [0.15, 0.2) is 0 Å². The van der Waals surface area contributed by atoms with Gasteiger partial charge in [-0.1, -0.05) is 31.2 Å². The summed E-state index contributed by atoms with van der Waals surface area (Å²) in [5.41, 5.74) is 3.49. The Morgan fingerprint density at radius 3 is 2.93 bits per heavy atom. The molecular formula is C13H10N2. The molecule has 0 radical (unpaired) electrons. The molecule has 1 aliphatic rings. The summed E-state index contributed by atoms with van der Waals surface area (Å²) in [6.07, 6.45) is 0.937. The van der Waals surface area contributed by atoms with Gasteiger partial charge >= 0.3 is 0 Å². The van der Waals surface area contributed by atoms with Crippen molar-refractivity contribution in [3.05, 3.63) is 52.5 Å². The third-order valence-electron chi connectivity index (χ3n) is 2.80. The second-order valence-corrected chi connectivity index (χ2v) is 3.75. The van der Waals surface area contributed by atoms with E-state index in [9.17, 15) is 0 Å². The summed E-state index contributed by atoms with van der Waals surface area (Å²) in [6.45, 7) is 9.07. The van der Waals surface area contributed by atoms with Crippen molar-refractivity contribution in [1.29, 1.82) is 5.26 Å². The lowest BCUT2D eigenvalue weighted by molar-refractivity contribution is 0.779. The summed E-state index contributed by atoms with van der Waals surface area (Å²) in [4.78, 5) is 3.31. The Morgan fingerprint density at radius 1 is 1.53 bits per heavy atom. The summed E-state index contributed by atoms with van der Waals surface area (Å²) in [6, 6.07) is 10.0. The van der Waals surface area contributed by atoms with E-state index < -0.39 is 0 Å². The maximum Gasteiger partial charge on any atom is 0.265 e. The molecule has 0 saturated carbocycles. The standard InChI is InChI=1S/C13H10N2/c1-9-7-10-5-3-4-6-11(10)13(9)12(8-14)15-2/h3-6,9H,7H2,1H3/b13-12+. The molecule has 1 aromatic carbocycles. The van der Waals surface area contributed by atoms with E-state index in [0.717, 1.165) is 17.6 Å². The maximum atomic E-state index is 8.91. The molecule has 15 heavy (non-hydrogen) atoms. The number of hydrogen-bond donors (Lipinski definition) is 0. The summed E-state index contributed by atoms with van der Waals surface area (Å²) >= 11 is 0. The van der Waals surface area contributed by atoms with Gasteiger partial charge < -0.3 is 0 Å². The number of benzene rings is 1. The van der Waals surface area contributed by atoms with E-state index in [4.69, 9.17) is 11.8 Å². The third-order valence-corrected chi connectivity index (χ3v) is 2.80. The van der Waals surface area contributed by atoms with E-state index in [1.54, 1.807) is 0 Å². The molecule has 0 aromatic heterocycles. The predicted molar refractivity (Wildman–Crippen MR) is 58.4 cm³/mol. The molecule has 2 heteroatoms. The van der Waals surface area contributed by atoms with Crippen molar-refractivity contribution < 1.29 is 0 Å². The molecule has 1 atom stereocenters. The summed E-state index contributed by atoms with van der Waals surface area (Å²) in [5, 5.41) is 8.91. The van der Waals surface area contributed by atoms with Crippen LogP contribution in [0, 0.1) is 23.8 Å². The van der Waals surface area contributed by atoms with Gasteiger partial charge in [-0.3, -0.25) is 0 Å². The first-order chi connectivity index (χ1) is 7.27. The number of nitrogens with zero attached hydrogens (tertiary/aromatic N) is 2. The zero-order chi connectivity index (χ0) is 10.8. The Labute approximate surface area is 89.3 Å². The Balaban J connectivity index is 2.67. The topological polar surface area (TPSA) is 28.1 Å². The number of hydrogen-bond acceptors (Lipinski definition) is 1. The minimum absolute atomic E-state index is 0.243. The highest BCUT2D eigenvalue weighted by Gasteiger charge is 2.25. The van der Waals surface area contributed by atoms with Crippen LogP contribution in [-0.2, 0) is 6.42 Å². The summed E-state index contributed by atoms with van der Waals surface area (Å²) in [7, 11) is 0. The summed E-state index contributed by atoms with van der Waals surface area (Å²) < 4.78 is 0. The first kappa shape index (κ1) is 9.49. The Morgan fingerprint density at radius 2 is 2.27 bits per heavy atom. The molecule has 2 rings (SSSR count). The molecule has 0 saturated heterocycles. The fraction of sp³-hybridized carbons (Fsp3) is 0.231. The molecule has 0 fully saturated rings. The number of fused-ring (bicyclic) bond motifs is 1. The molecule has 0 N–H and O–H groups in total. The number of rotatable bonds is 0. The van der Waals surface area contributed by atoms with E-state index in [2.05, 4.69) is 17.8 Å². The Bertz CT molecular complexity index is 496. The van der Waals surface area contributed by atoms with Crippen LogP contribution in [0.15, 0.2) is 30.0 Å². The van der Waals surface area contributed by atoms with Crippen molar-refractivity contribution in [2.75, 3.05) is 0 Å². The highest BCUT2D eigenvalue weighted by molar-refractivity contribution is 5.79. The smallest absolute Gasteiger partial charge is 0.226 e. The first-order valence-corrected chi connectivity index (χ1v) is 4.88. The maximum absolute atomic E-state index is 8.91. The second-order valence-electron chi connectivity index (χ2n) is 3.75. The van der Waals surface area contributed by atoms with Gasteiger partial charge in [0, 0.05) is 0 Å². The lowest BCUT2D eigenvalue weighted by atomic mass is 10.00. The van der Waals surface area contributed by atoms with Gasteiger partial charge in [0.2, 0.25) is 0 Å². The lowest BCUT2D eigenvalue weighted by Gasteiger charge is -2.05. The molecule has 0 heterocycles. The molecular weight excluding hydrogens is 184 g/mol. The minimum atomic E-state index is 0.243. The zero-order valence-electron chi connectivity index (χ0n) is 8.49. The molecule has 0 spiro atoms. The van der Waals surface area contributed by atoms with Gasteiger partial charge in [0.1, 0.15) is 0 Å². The number of nitriles is 1. The molecule has 0 bridgehead atoms. The van der Waals surface area contributed by atoms with E-state index in [1.807, 2.05) is 24.3 Å². The van der Waals surface area contributed by atoms with Gasteiger partial charge in [0.05, 0.1) is 12.6 Å². The average Bonchev–Trinajstić information content (AvgIpc) is 2.58. The number of allylic oxidation sites excluding steroid dienone is 2. The highest BCUT2D eigenvalue weighted by Crippen LogP contribution is 2.38. The van der Waals surface area contributed by atoms with E-state index >= 15 is 0 Å². The van der Waals surface area contributed by atoms with Gasteiger partial charge in [-0.05, 0) is 29.0 Å². The van der Waals surface area contributed by atoms with Crippen LogP contribution in [0.1, 0.15) is 18.1 Å². The third kappa shape index (κ3) is 1.41. The molecule has 0 aliphatic heterocycles. The van der Waals surface area contributed by atoms with Crippen LogP contribution in [0.5, 0.6) is 0 Å². The van der Waals surface area contributed by atoms with Crippen LogP contribution in [0.3, 0.4) is 0 Å². The van der Waals surface area contributed by atoms with E-state index in [1.165, 1.54) is 5.56 Å². The largest absolute Gasteiger partial charge is 0.265 e. The van der Waals surface area contributed by atoms with Crippen molar-refractivity contribution in [2.45, 2.75) is 13.3 Å². The molecule has 2 nitrogen and oxygen atoms in total. The van der Waals surface area contributed by atoms with Crippen molar-refractivity contribution in [2.24, 2.45) is 5.92 Å². The van der Waals surface area contributed by atoms with Crippen molar-refractivity contribution in [3.8, 4) is 6.07 Å². The lowest BCUT2D eigenvalue weighted by Crippen LogP contribution is -1.93. The van der Waals surface area contributed by atoms with Crippen molar-refractivity contribution in [3.63, 3.8) is 0 Å². The fourth-order valence-electron chi connectivity index (χ4n) is 2.16.